The van der Waals surface area contributed by atoms with Crippen LogP contribution in [0.15, 0.2) is 127 Å². The van der Waals surface area contributed by atoms with Gasteiger partial charge < -0.3 is 4.90 Å². The van der Waals surface area contributed by atoms with Crippen molar-refractivity contribution in [2.45, 2.75) is 108 Å². The number of nitrogens with zero attached hydrogens (tertiary/aromatic N) is 1. The molecule has 6 aromatic carbocycles. The van der Waals surface area contributed by atoms with E-state index in [9.17, 15) is 0 Å². The van der Waals surface area contributed by atoms with Crippen molar-refractivity contribution in [1.82, 2.24) is 0 Å². The fraction of sp³-hybridized carbons (Fsp3) is 0.368. The molecule has 1 nitrogen and oxygen atoms in total. The van der Waals surface area contributed by atoms with E-state index in [4.69, 9.17) is 0 Å². The van der Waals surface area contributed by atoms with Gasteiger partial charge in [0.1, 0.15) is 0 Å². The van der Waals surface area contributed by atoms with Crippen molar-refractivity contribution in [1.29, 1.82) is 0 Å². The first kappa shape index (κ1) is 35.1. The van der Waals surface area contributed by atoms with E-state index < -0.39 is 0 Å². The lowest BCUT2D eigenvalue weighted by Gasteiger charge is -2.61. The summed E-state index contributed by atoms with van der Waals surface area (Å²) in [4.78, 5) is 2.59. The fourth-order valence-corrected chi connectivity index (χ4v) is 14.3. The molecule has 0 radical (unpaired) electrons. The molecule has 0 aromatic heterocycles. The molecule has 0 heterocycles. The van der Waals surface area contributed by atoms with Crippen LogP contribution >= 0.6 is 0 Å². The van der Waals surface area contributed by atoms with Gasteiger partial charge in [-0.3, -0.25) is 0 Å². The van der Waals surface area contributed by atoms with Crippen LogP contribution in [0.1, 0.15) is 120 Å². The van der Waals surface area contributed by atoms with Crippen LogP contribution in [0.25, 0.3) is 33.4 Å². The van der Waals surface area contributed by atoms with Crippen LogP contribution in [0, 0.1) is 23.7 Å². The van der Waals surface area contributed by atoms with Crippen molar-refractivity contribution in [3.8, 4) is 33.4 Å². The summed E-state index contributed by atoms with van der Waals surface area (Å²) in [5.74, 6) is 3.44. The molecule has 0 amide bonds. The van der Waals surface area contributed by atoms with E-state index in [1.807, 2.05) is 0 Å². The third-order valence-corrected chi connectivity index (χ3v) is 16.9. The molecule has 4 saturated carbocycles. The van der Waals surface area contributed by atoms with Crippen molar-refractivity contribution < 1.29 is 0 Å². The lowest BCUT2D eigenvalue weighted by molar-refractivity contribution is -0.0399. The van der Waals surface area contributed by atoms with Gasteiger partial charge >= 0.3 is 0 Å². The quantitative estimate of drug-likeness (QED) is 0.173. The Morgan fingerprint density at radius 1 is 0.431 bits per heavy atom. The number of rotatable bonds is 4. The first-order valence-electron chi connectivity index (χ1n) is 22.5. The Balaban J connectivity index is 1.00. The van der Waals surface area contributed by atoms with Crippen LogP contribution in [-0.4, -0.2) is 0 Å². The number of benzene rings is 6. The van der Waals surface area contributed by atoms with Crippen LogP contribution in [0.2, 0.25) is 0 Å². The maximum absolute atomic E-state index is 2.64. The largest absolute Gasteiger partial charge is 0.310 e. The Bertz CT molecular complexity index is 2640. The third-order valence-electron chi connectivity index (χ3n) is 16.9. The highest BCUT2D eigenvalue weighted by atomic mass is 15.1. The van der Waals surface area contributed by atoms with Crippen molar-refractivity contribution in [3.05, 3.63) is 161 Å². The van der Waals surface area contributed by atoms with E-state index in [0.29, 0.717) is 0 Å². The Kier molecular flexibility index (Phi) is 7.18. The lowest BCUT2D eigenvalue weighted by Crippen LogP contribution is -2.55. The second-order valence-corrected chi connectivity index (χ2v) is 21.2. The van der Waals surface area contributed by atoms with Gasteiger partial charge in [-0.1, -0.05) is 133 Å². The summed E-state index contributed by atoms with van der Waals surface area (Å²) in [7, 11) is 0. The fourth-order valence-electron chi connectivity index (χ4n) is 14.3. The molecule has 6 aromatic rings. The van der Waals surface area contributed by atoms with E-state index in [0.717, 1.165) is 23.7 Å². The maximum atomic E-state index is 2.64. The summed E-state index contributed by atoms with van der Waals surface area (Å²) < 4.78 is 0. The van der Waals surface area contributed by atoms with Crippen LogP contribution < -0.4 is 4.90 Å². The Morgan fingerprint density at radius 2 is 1.00 bits per heavy atom. The van der Waals surface area contributed by atoms with Crippen molar-refractivity contribution in [2.75, 3.05) is 4.90 Å². The predicted molar refractivity (Wildman–Crippen MR) is 243 cm³/mol. The molecule has 0 atom stereocenters. The second-order valence-electron chi connectivity index (χ2n) is 21.2. The molecule has 58 heavy (non-hydrogen) atoms. The van der Waals surface area contributed by atoms with Gasteiger partial charge in [-0.15, -0.1) is 0 Å². The summed E-state index contributed by atoms with van der Waals surface area (Å²) in [6.45, 7) is 14.6. The van der Waals surface area contributed by atoms with Crippen molar-refractivity contribution >= 4 is 17.1 Å². The molecular formula is C57H57N. The van der Waals surface area contributed by atoms with Crippen molar-refractivity contribution in [2.24, 2.45) is 23.7 Å². The summed E-state index contributed by atoms with van der Waals surface area (Å²) in [5.41, 5.74) is 21.6. The minimum Gasteiger partial charge on any atom is -0.310 e. The molecular weight excluding hydrogens is 699 g/mol. The molecule has 13 rings (SSSR count). The standard InChI is InChI=1S/C57H57N/c1-54(2)26-27-55(3,4)53-50(54)16-11-17-52(53)58(42-23-25-48-46(34-42)44-13-7-9-14-47(44)56(48,5)6)41-21-18-37(19-22-41)38-20-24-45-43-12-8-10-15-49(43)57(51(45)33-38)39-29-35-28-36(31-39)32-40(57)30-35/h7-25,33-36,39-40H,26-32H2,1-6H3. The number of hydrogen-bond acceptors (Lipinski definition) is 1. The molecule has 7 aliphatic rings. The van der Waals surface area contributed by atoms with E-state index in [1.165, 1.54) is 118 Å². The zero-order valence-electron chi connectivity index (χ0n) is 35.3. The molecule has 4 fully saturated rings. The highest BCUT2D eigenvalue weighted by Gasteiger charge is 2.61. The van der Waals surface area contributed by atoms with Gasteiger partial charge in [-0.2, -0.15) is 0 Å². The van der Waals surface area contributed by atoms with Gasteiger partial charge in [0.05, 0.1) is 5.69 Å². The summed E-state index contributed by atoms with van der Waals surface area (Å²) >= 11 is 0. The molecule has 7 aliphatic carbocycles. The smallest absolute Gasteiger partial charge is 0.0502 e. The average molecular weight is 756 g/mol. The molecule has 1 spiro atoms. The first-order chi connectivity index (χ1) is 27.9. The van der Waals surface area contributed by atoms with Gasteiger partial charge in [0, 0.05) is 22.2 Å². The van der Waals surface area contributed by atoms with E-state index in [1.54, 1.807) is 11.1 Å². The Labute approximate surface area is 346 Å². The summed E-state index contributed by atoms with van der Waals surface area (Å²) in [6, 6.07) is 50.1. The zero-order chi connectivity index (χ0) is 39.3. The molecule has 4 bridgehead atoms. The lowest BCUT2D eigenvalue weighted by atomic mass is 9.43. The number of anilines is 3. The molecule has 0 saturated heterocycles. The number of hydrogen-bond donors (Lipinski definition) is 0. The minimum absolute atomic E-state index is 0.0265. The molecule has 0 unspecified atom stereocenters. The van der Waals surface area contributed by atoms with Crippen LogP contribution in [0.5, 0.6) is 0 Å². The first-order valence-corrected chi connectivity index (χ1v) is 22.5. The maximum Gasteiger partial charge on any atom is 0.0502 e. The summed E-state index contributed by atoms with van der Waals surface area (Å²) in [6.07, 6.45) is 9.52. The highest BCUT2D eigenvalue weighted by Crippen LogP contribution is 2.69. The van der Waals surface area contributed by atoms with Crippen LogP contribution in [0.4, 0.5) is 17.1 Å². The van der Waals surface area contributed by atoms with Crippen LogP contribution in [0.3, 0.4) is 0 Å². The monoisotopic (exact) mass is 755 g/mol. The molecule has 0 aliphatic heterocycles. The van der Waals surface area contributed by atoms with Crippen molar-refractivity contribution in [3.63, 3.8) is 0 Å². The average Bonchev–Trinajstić information content (AvgIpc) is 3.64. The molecule has 0 N–H and O–H groups in total. The Morgan fingerprint density at radius 3 is 1.72 bits per heavy atom. The van der Waals surface area contributed by atoms with E-state index in [2.05, 4.69) is 174 Å². The van der Waals surface area contributed by atoms with Gasteiger partial charge in [0.2, 0.25) is 0 Å². The van der Waals surface area contributed by atoms with Crippen LogP contribution in [-0.2, 0) is 21.7 Å². The second kappa shape index (κ2) is 11.9. The topological polar surface area (TPSA) is 3.24 Å². The van der Waals surface area contributed by atoms with E-state index in [-0.39, 0.29) is 21.7 Å². The predicted octanol–water partition coefficient (Wildman–Crippen LogP) is 15.2. The molecule has 290 valence electrons. The van der Waals surface area contributed by atoms with Gasteiger partial charge in [-0.05, 0) is 183 Å². The normalized spacial score (nSPS) is 26.8. The highest BCUT2D eigenvalue weighted by molar-refractivity contribution is 5.89. The van der Waals surface area contributed by atoms with E-state index >= 15 is 0 Å². The van der Waals surface area contributed by atoms with Gasteiger partial charge in [0.15, 0.2) is 0 Å². The zero-order valence-corrected chi connectivity index (χ0v) is 35.3. The van der Waals surface area contributed by atoms with Gasteiger partial charge in [-0.25, -0.2) is 0 Å². The SMILES string of the molecule is CC1(C)CCC(C)(C)c2c(N(c3ccc(-c4ccc5c(c4)C4(c6ccccc6-5)C5CC6CC(C5)CC4C6)cc3)c3ccc4c(c3)-c3ccccc3C4(C)C)cccc21. The third kappa shape index (κ3) is 4.65. The minimum atomic E-state index is -0.0265. The molecule has 1 heteroatoms. The number of fused-ring (bicyclic) bond motifs is 7. The summed E-state index contributed by atoms with van der Waals surface area (Å²) in [5, 5.41) is 0. The Hall–Kier alpha value is -4.88. The van der Waals surface area contributed by atoms with Gasteiger partial charge in [0.25, 0.3) is 0 Å².